The van der Waals surface area contributed by atoms with Gasteiger partial charge in [0.2, 0.25) is 0 Å². The lowest BCUT2D eigenvalue weighted by atomic mass is 10.0. The maximum atomic E-state index is 9.43. The maximum Gasteiger partial charge on any atom is 0.147 e. The number of phenolic OH excluding ortho intramolecular Hbond substituents is 1. The number of aromatic hydroxyl groups is 1. The van der Waals surface area contributed by atoms with E-state index in [2.05, 4.69) is 21.0 Å². The second-order valence-corrected chi connectivity index (χ2v) is 5.68. The van der Waals surface area contributed by atoms with Crippen molar-refractivity contribution in [2.45, 2.75) is 6.04 Å². The van der Waals surface area contributed by atoms with E-state index in [4.69, 9.17) is 5.26 Å². The standard InChI is InChI=1S/C19H14N4O/c20-9-13-1-3-15(4-2-13)18-10-22-19-11-21-17(12-23(18)19)14-5-7-16(24)8-6-14/h1-8,11-12,18,24H,10H2. The molecule has 5 heteroatoms. The second kappa shape index (κ2) is 5.67. The summed E-state index contributed by atoms with van der Waals surface area (Å²) < 4.78 is 0. The van der Waals surface area contributed by atoms with Crippen molar-refractivity contribution in [3.8, 4) is 11.8 Å². The van der Waals surface area contributed by atoms with E-state index in [1.54, 1.807) is 18.3 Å². The number of hydrogen-bond donors (Lipinski definition) is 1. The SMILES string of the molecule is N#Cc1ccc(C2CN=C3C=NC(c4ccc(O)cc4)=CN32)cc1. The minimum atomic E-state index is 0.103. The lowest BCUT2D eigenvalue weighted by Gasteiger charge is -2.26. The lowest BCUT2D eigenvalue weighted by molar-refractivity contribution is 0.461. The Balaban J connectivity index is 1.65. The Morgan fingerprint density at radius 1 is 1.08 bits per heavy atom. The summed E-state index contributed by atoms with van der Waals surface area (Å²) in [6, 6.07) is 16.8. The molecule has 2 aromatic rings. The zero-order valence-electron chi connectivity index (χ0n) is 12.8. The van der Waals surface area contributed by atoms with E-state index in [1.165, 1.54) is 0 Å². The molecule has 24 heavy (non-hydrogen) atoms. The van der Waals surface area contributed by atoms with E-state index in [1.807, 2.05) is 42.6 Å². The van der Waals surface area contributed by atoms with Gasteiger partial charge in [0.15, 0.2) is 0 Å². The fourth-order valence-corrected chi connectivity index (χ4v) is 2.89. The van der Waals surface area contributed by atoms with Gasteiger partial charge in [0.1, 0.15) is 11.6 Å². The topological polar surface area (TPSA) is 72.0 Å². The number of nitrogens with zero attached hydrogens (tertiary/aromatic N) is 4. The highest BCUT2D eigenvalue weighted by atomic mass is 16.3. The summed E-state index contributed by atoms with van der Waals surface area (Å²) in [7, 11) is 0. The van der Waals surface area contributed by atoms with Crippen LogP contribution in [0.15, 0.2) is 64.7 Å². The Hall–Kier alpha value is -3.39. The van der Waals surface area contributed by atoms with Crippen LogP contribution in [0.25, 0.3) is 5.70 Å². The van der Waals surface area contributed by atoms with Crippen molar-refractivity contribution in [3.63, 3.8) is 0 Å². The van der Waals surface area contributed by atoms with Crippen LogP contribution in [0.5, 0.6) is 5.75 Å². The Labute approximate surface area is 139 Å². The maximum absolute atomic E-state index is 9.43. The van der Waals surface area contributed by atoms with Gasteiger partial charge in [-0.15, -0.1) is 0 Å². The minimum absolute atomic E-state index is 0.103. The molecule has 2 aliphatic rings. The lowest BCUT2D eigenvalue weighted by Crippen LogP contribution is -2.29. The smallest absolute Gasteiger partial charge is 0.147 e. The Morgan fingerprint density at radius 2 is 1.83 bits per heavy atom. The van der Waals surface area contributed by atoms with Crippen LogP contribution in [0, 0.1) is 11.3 Å². The molecule has 0 fully saturated rings. The first-order valence-electron chi connectivity index (χ1n) is 7.63. The van der Waals surface area contributed by atoms with Gasteiger partial charge < -0.3 is 10.0 Å². The molecule has 0 amide bonds. The Morgan fingerprint density at radius 3 is 2.54 bits per heavy atom. The third kappa shape index (κ3) is 2.44. The molecule has 2 heterocycles. The first-order valence-corrected chi connectivity index (χ1v) is 7.63. The highest BCUT2D eigenvalue weighted by Gasteiger charge is 2.29. The molecule has 0 aliphatic carbocycles. The first kappa shape index (κ1) is 14.2. The number of hydrogen-bond acceptors (Lipinski definition) is 5. The van der Waals surface area contributed by atoms with E-state index in [0.717, 1.165) is 22.7 Å². The molecule has 0 spiro atoms. The van der Waals surface area contributed by atoms with Crippen molar-refractivity contribution < 1.29 is 5.11 Å². The van der Waals surface area contributed by atoms with E-state index < -0.39 is 0 Å². The second-order valence-electron chi connectivity index (χ2n) is 5.68. The first-order chi connectivity index (χ1) is 11.7. The van der Waals surface area contributed by atoms with Crippen LogP contribution in [-0.2, 0) is 0 Å². The van der Waals surface area contributed by atoms with Crippen molar-refractivity contribution in [1.82, 2.24) is 4.90 Å². The molecule has 1 atom stereocenters. The van der Waals surface area contributed by atoms with Crippen LogP contribution >= 0.6 is 0 Å². The molecule has 1 unspecified atom stereocenters. The molecule has 116 valence electrons. The van der Waals surface area contributed by atoms with Crippen molar-refractivity contribution in [2.75, 3.05) is 6.54 Å². The predicted octanol–water partition coefficient (Wildman–Crippen LogP) is 3.10. The molecule has 5 nitrogen and oxygen atoms in total. The normalized spacial score (nSPS) is 18.6. The number of benzene rings is 2. The molecule has 0 radical (unpaired) electrons. The zero-order chi connectivity index (χ0) is 16.5. The monoisotopic (exact) mass is 314 g/mol. The molecular formula is C19H14N4O. The van der Waals surface area contributed by atoms with Crippen LogP contribution in [0.3, 0.4) is 0 Å². The summed E-state index contributed by atoms with van der Waals surface area (Å²) >= 11 is 0. The molecule has 0 aromatic heterocycles. The fraction of sp³-hybridized carbons (Fsp3) is 0.105. The molecule has 1 N–H and O–H groups in total. The average Bonchev–Trinajstić information content (AvgIpc) is 3.05. The summed E-state index contributed by atoms with van der Waals surface area (Å²) in [6.45, 7) is 0.659. The number of fused-ring (bicyclic) bond motifs is 1. The number of aliphatic imine (C=N–C) groups is 2. The van der Waals surface area contributed by atoms with E-state index in [-0.39, 0.29) is 11.8 Å². The molecule has 0 bridgehead atoms. The zero-order valence-corrected chi connectivity index (χ0v) is 12.8. The molecule has 2 aromatic carbocycles. The van der Waals surface area contributed by atoms with Gasteiger partial charge in [0, 0.05) is 11.8 Å². The highest BCUT2D eigenvalue weighted by Crippen LogP contribution is 2.31. The quantitative estimate of drug-likeness (QED) is 0.925. The summed E-state index contributed by atoms with van der Waals surface area (Å²) in [6.07, 6.45) is 3.76. The van der Waals surface area contributed by atoms with E-state index in [9.17, 15) is 5.11 Å². The van der Waals surface area contributed by atoms with Crippen molar-refractivity contribution in [1.29, 1.82) is 5.26 Å². The van der Waals surface area contributed by atoms with Gasteiger partial charge >= 0.3 is 0 Å². The Bertz CT molecular complexity index is 902. The van der Waals surface area contributed by atoms with Crippen LogP contribution in [-0.4, -0.2) is 28.6 Å². The number of nitriles is 1. The van der Waals surface area contributed by atoms with Crippen LogP contribution in [0.4, 0.5) is 0 Å². The summed E-state index contributed by atoms with van der Waals surface area (Å²) in [5.74, 6) is 1.07. The largest absolute Gasteiger partial charge is 0.508 e. The summed E-state index contributed by atoms with van der Waals surface area (Å²) in [5, 5.41) is 18.4. The van der Waals surface area contributed by atoms with Gasteiger partial charge in [0.25, 0.3) is 0 Å². The van der Waals surface area contributed by atoms with Gasteiger partial charge in [-0.2, -0.15) is 5.26 Å². The van der Waals surface area contributed by atoms with Gasteiger partial charge in [-0.25, -0.2) is 0 Å². The van der Waals surface area contributed by atoms with Crippen LogP contribution in [0.2, 0.25) is 0 Å². The van der Waals surface area contributed by atoms with Crippen LogP contribution < -0.4 is 0 Å². The fourth-order valence-electron chi connectivity index (χ4n) is 2.89. The molecular weight excluding hydrogens is 300 g/mol. The van der Waals surface area contributed by atoms with Crippen molar-refractivity contribution in [2.24, 2.45) is 9.98 Å². The third-order valence-electron chi connectivity index (χ3n) is 4.19. The molecule has 0 saturated carbocycles. The number of amidine groups is 1. The highest BCUT2D eigenvalue weighted by molar-refractivity contribution is 6.32. The van der Waals surface area contributed by atoms with Gasteiger partial charge in [0.05, 0.1) is 36.1 Å². The van der Waals surface area contributed by atoms with Crippen molar-refractivity contribution in [3.05, 3.63) is 71.4 Å². The van der Waals surface area contributed by atoms with Gasteiger partial charge in [-0.1, -0.05) is 12.1 Å². The molecule has 2 aliphatic heterocycles. The van der Waals surface area contributed by atoms with E-state index >= 15 is 0 Å². The number of phenols is 1. The van der Waals surface area contributed by atoms with Gasteiger partial charge in [-0.05, 0) is 42.0 Å². The van der Waals surface area contributed by atoms with Crippen LogP contribution in [0.1, 0.15) is 22.7 Å². The molecule has 0 saturated heterocycles. The molecule has 4 rings (SSSR count). The summed E-state index contributed by atoms with van der Waals surface area (Å²) in [4.78, 5) is 11.1. The predicted molar refractivity (Wildman–Crippen MR) is 92.6 cm³/mol. The van der Waals surface area contributed by atoms with Gasteiger partial charge in [-0.3, -0.25) is 9.98 Å². The third-order valence-corrected chi connectivity index (χ3v) is 4.19. The number of rotatable bonds is 2. The average molecular weight is 314 g/mol. The Kier molecular flexibility index (Phi) is 3.36. The van der Waals surface area contributed by atoms with Crippen molar-refractivity contribution >= 4 is 17.7 Å². The minimum Gasteiger partial charge on any atom is -0.508 e. The van der Waals surface area contributed by atoms with E-state index in [0.29, 0.717) is 12.1 Å². The summed E-state index contributed by atoms with van der Waals surface area (Å²) in [5.41, 5.74) is 3.53.